The number of hydrogen-bond donors (Lipinski definition) is 2. The fraction of sp³-hybridized carbons (Fsp3) is 0.0769. The Morgan fingerprint density at radius 3 is 2.85 bits per heavy atom. The van der Waals surface area contributed by atoms with E-state index in [-0.39, 0.29) is 5.75 Å². The monoisotopic (exact) mass is 288 g/mol. The first-order chi connectivity index (χ1) is 9.53. The molecule has 3 aromatic rings. The van der Waals surface area contributed by atoms with Crippen LogP contribution in [0.25, 0.3) is 22.3 Å². The predicted molar refractivity (Wildman–Crippen MR) is 76.1 cm³/mol. The zero-order valence-electron chi connectivity index (χ0n) is 10.4. The summed E-state index contributed by atoms with van der Waals surface area (Å²) in [6, 6.07) is 9.05. The molecule has 0 saturated carbocycles. The molecule has 0 spiro atoms. The van der Waals surface area contributed by atoms with Gasteiger partial charge in [0.15, 0.2) is 0 Å². The van der Waals surface area contributed by atoms with E-state index >= 15 is 0 Å². The highest BCUT2D eigenvalue weighted by molar-refractivity contribution is 7.88. The Kier molecular flexibility index (Phi) is 3.00. The minimum atomic E-state index is -3.55. The van der Waals surface area contributed by atoms with Crippen molar-refractivity contribution in [1.29, 1.82) is 0 Å². The average Bonchev–Trinajstić information content (AvgIpc) is 2.85. The Hall–Kier alpha value is -2.25. The summed E-state index contributed by atoms with van der Waals surface area (Å²) in [6.45, 7) is 0. The SMILES string of the molecule is NS(=O)(=O)Cc1cccc(-c2ncnc3[nH]ccc23)c1. The second-order valence-electron chi connectivity index (χ2n) is 4.47. The molecule has 3 N–H and O–H groups in total. The Morgan fingerprint density at radius 1 is 1.20 bits per heavy atom. The third kappa shape index (κ3) is 2.54. The van der Waals surface area contributed by atoms with Gasteiger partial charge < -0.3 is 4.98 Å². The summed E-state index contributed by atoms with van der Waals surface area (Å²) < 4.78 is 22.3. The molecule has 0 saturated heterocycles. The van der Waals surface area contributed by atoms with Gasteiger partial charge in [-0.05, 0) is 17.7 Å². The topological polar surface area (TPSA) is 102 Å². The highest BCUT2D eigenvalue weighted by atomic mass is 32.2. The van der Waals surface area contributed by atoms with Crippen molar-refractivity contribution in [2.45, 2.75) is 5.75 Å². The molecular weight excluding hydrogens is 276 g/mol. The lowest BCUT2D eigenvalue weighted by Crippen LogP contribution is -2.14. The van der Waals surface area contributed by atoms with Gasteiger partial charge in [-0.25, -0.2) is 23.5 Å². The number of nitrogens with two attached hydrogens (primary N) is 1. The van der Waals surface area contributed by atoms with Crippen molar-refractivity contribution < 1.29 is 8.42 Å². The van der Waals surface area contributed by atoms with Crippen molar-refractivity contribution in [3.63, 3.8) is 0 Å². The van der Waals surface area contributed by atoms with Crippen molar-refractivity contribution >= 4 is 21.1 Å². The van der Waals surface area contributed by atoms with Crippen LogP contribution in [0.4, 0.5) is 0 Å². The number of nitrogens with zero attached hydrogens (tertiary/aromatic N) is 2. The van der Waals surface area contributed by atoms with Crippen molar-refractivity contribution in [3.05, 3.63) is 48.4 Å². The molecule has 0 fully saturated rings. The van der Waals surface area contributed by atoms with Crippen LogP contribution in [-0.4, -0.2) is 23.4 Å². The van der Waals surface area contributed by atoms with Gasteiger partial charge >= 0.3 is 0 Å². The van der Waals surface area contributed by atoms with E-state index in [1.54, 1.807) is 24.4 Å². The molecule has 6 nitrogen and oxygen atoms in total. The van der Waals surface area contributed by atoms with Gasteiger partial charge in [-0.1, -0.05) is 18.2 Å². The van der Waals surface area contributed by atoms with E-state index in [0.717, 1.165) is 22.3 Å². The number of hydrogen-bond acceptors (Lipinski definition) is 4. The van der Waals surface area contributed by atoms with Gasteiger partial charge in [-0.3, -0.25) is 0 Å². The lowest BCUT2D eigenvalue weighted by Gasteiger charge is -2.05. The summed E-state index contributed by atoms with van der Waals surface area (Å²) in [7, 11) is -3.55. The van der Waals surface area contributed by atoms with Crippen LogP contribution >= 0.6 is 0 Å². The van der Waals surface area contributed by atoms with E-state index in [4.69, 9.17) is 5.14 Å². The van der Waals surface area contributed by atoms with Gasteiger partial charge in [0.1, 0.15) is 12.0 Å². The minimum Gasteiger partial charge on any atom is -0.346 e. The fourth-order valence-corrected chi connectivity index (χ4v) is 2.79. The number of aromatic nitrogens is 3. The number of primary sulfonamides is 1. The standard InChI is InChI=1S/C13H12N4O2S/c14-20(18,19)7-9-2-1-3-10(6-9)12-11-4-5-15-13(11)17-8-16-12/h1-6,8H,7H2,(H2,14,18,19)(H,15,16,17). The first kappa shape index (κ1) is 12.8. The molecule has 0 atom stereocenters. The van der Waals surface area contributed by atoms with E-state index in [9.17, 15) is 8.42 Å². The Morgan fingerprint density at radius 2 is 2.05 bits per heavy atom. The quantitative estimate of drug-likeness (QED) is 0.760. The van der Waals surface area contributed by atoms with Crippen LogP contribution in [0.2, 0.25) is 0 Å². The van der Waals surface area contributed by atoms with Gasteiger partial charge in [-0.2, -0.15) is 0 Å². The summed E-state index contributed by atoms with van der Waals surface area (Å²) in [5.74, 6) is -0.192. The molecular formula is C13H12N4O2S. The molecule has 0 aliphatic carbocycles. The van der Waals surface area contributed by atoms with Crippen LogP contribution in [0.5, 0.6) is 0 Å². The van der Waals surface area contributed by atoms with Crippen LogP contribution in [0.1, 0.15) is 5.56 Å². The van der Waals surface area contributed by atoms with Gasteiger partial charge in [-0.15, -0.1) is 0 Å². The molecule has 3 rings (SSSR count). The third-order valence-corrected chi connectivity index (χ3v) is 3.66. The maximum atomic E-state index is 11.2. The molecule has 0 bridgehead atoms. The first-order valence-corrected chi connectivity index (χ1v) is 7.62. The second-order valence-corrected chi connectivity index (χ2v) is 6.08. The molecule has 0 amide bonds. The Bertz CT molecular complexity index is 871. The molecule has 1 aromatic carbocycles. The Balaban J connectivity index is 2.11. The van der Waals surface area contributed by atoms with Gasteiger partial charge in [0.05, 0.1) is 11.4 Å². The van der Waals surface area contributed by atoms with Gasteiger partial charge in [0.25, 0.3) is 0 Å². The molecule has 0 aliphatic heterocycles. The van der Waals surface area contributed by atoms with E-state index in [1.807, 2.05) is 12.1 Å². The molecule has 0 aliphatic rings. The minimum absolute atomic E-state index is 0.192. The normalized spacial score (nSPS) is 11.8. The number of H-pyrrole nitrogens is 1. The van der Waals surface area contributed by atoms with Crippen molar-refractivity contribution in [2.24, 2.45) is 5.14 Å². The first-order valence-electron chi connectivity index (χ1n) is 5.91. The number of fused-ring (bicyclic) bond motifs is 1. The van der Waals surface area contributed by atoms with Crippen molar-refractivity contribution in [2.75, 3.05) is 0 Å². The number of nitrogens with one attached hydrogen (secondary N) is 1. The van der Waals surface area contributed by atoms with Gasteiger partial charge in [0, 0.05) is 17.1 Å². The average molecular weight is 288 g/mol. The van der Waals surface area contributed by atoms with Gasteiger partial charge in [0.2, 0.25) is 10.0 Å². The maximum absolute atomic E-state index is 11.2. The second kappa shape index (κ2) is 4.69. The molecule has 102 valence electrons. The molecule has 2 aromatic heterocycles. The van der Waals surface area contributed by atoms with E-state index in [2.05, 4.69) is 15.0 Å². The summed E-state index contributed by atoms with van der Waals surface area (Å²) in [4.78, 5) is 11.4. The molecule has 0 unspecified atom stereocenters. The summed E-state index contributed by atoms with van der Waals surface area (Å²) >= 11 is 0. The number of rotatable bonds is 3. The van der Waals surface area contributed by atoms with Crippen molar-refractivity contribution in [3.8, 4) is 11.3 Å². The summed E-state index contributed by atoms with van der Waals surface area (Å²) in [6.07, 6.45) is 3.26. The summed E-state index contributed by atoms with van der Waals surface area (Å²) in [5, 5.41) is 5.96. The molecule has 7 heteroatoms. The molecule has 0 radical (unpaired) electrons. The lowest BCUT2D eigenvalue weighted by atomic mass is 10.1. The number of sulfonamides is 1. The molecule has 2 heterocycles. The van der Waals surface area contributed by atoms with Crippen molar-refractivity contribution in [1.82, 2.24) is 15.0 Å². The smallest absolute Gasteiger partial charge is 0.213 e. The van der Waals surface area contributed by atoms with Crippen LogP contribution in [0, 0.1) is 0 Å². The highest BCUT2D eigenvalue weighted by Crippen LogP contribution is 2.25. The highest BCUT2D eigenvalue weighted by Gasteiger charge is 2.10. The van der Waals surface area contributed by atoms with Crippen LogP contribution in [0.3, 0.4) is 0 Å². The predicted octanol–water partition coefficient (Wildman–Crippen LogP) is 1.41. The van der Waals surface area contributed by atoms with E-state index in [1.165, 1.54) is 6.33 Å². The zero-order valence-corrected chi connectivity index (χ0v) is 11.3. The fourth-order valence-electron chi connectivity index (χ4n) is 2.14. The molecule has 20 heavy (non-hydrogen) atoms. The van der Waals surface area contributed by atoms with E-state index in [0.29, 0.717) is 5.56 Å². The van der Waals surface area contributed by atoms with Crippen LogP contribution < -0.4 is 5.14 Å². The van der Waals surface area contributed by atoms with Crippen LogP contribution in [-0.2, 0) is 15.8 Å². The lowest BCUT2D eigenvalue weighted by molar-refractivity contribution is 0.597. The third-order valence-electron chi connectivity index (χ3n) is 2.92. The zero-order chi connectivity index (χ0) is 14.2. The van der Waals surface area contributed by atoms with E-state index < -0.39 is 10.0 Å². The maximum Gasteiger partial charge on any atom is 0.213 e. The number of aromatic amines is 1. The summed E-state index contributed by atoms with van der Waals surface area (Å²) in [5.41, 5.74) is 2.96. The largest absolute Gasteiger partial charge is 0.346 e. The Labute approximate surface area is 115 Å². The number of benzene rings is 1. The van der Waals surface area contributed by atoms with Crippen LogP contribution in [0.15, 0.2) is 42.9 Å².